The van der Waals surface area contributed by atoms with Gasteiger partial charge in [-0.1, -0.05) is 58.8 Å². The lowest BCUT2D eigenvalue weighted by molar-refractivity contribution is -0.678. The Hall–Kier alpha value is -1.32. The number of hydrogen-bond donors (Lipinski definition) is 0. The van der Waals surface area contributed by atoms with Crippen molar-refractivity contribution in [3.05, 3.63) is 18.2 Å². The van der Waals surface area contributed by atoms with E-state index in [0.717, 1.165) is 6.42 Å². The van der Waals surface area contributed by atoms with Gasteiger partial charge in [0.25, 0.3) is 5.82 Å². The smallest absolute Gasteiger partial charge is 0.256 e. The van der Waals surface area contributed by atoms with Crippen LogP contribution in [0.5, 0.6) is 0 Å². The molecule has 0 fully saturated rings. The molecule has 1 aromatic heterocycles. The number of aromatic nitrogens is 2. The van der Waals surface area contributed by atoms with Crippen LogP contribution in [0.1, 0.15) is 71.0 Å². The molecule has 4 nitrogen and oxygen atoms in total. The van der Waals surface area contributed by atoms with Crippen molar-refractivity contribution in [3.8, 4) is 0 Å². The third kappa shape index (κ3) is 6.63. The number of rotatable bonds is 12. The van der Waals surface area contributed by atoms with Gasteiger partial charge in [-0.25, -0.2) is 9.13 Å². The van der Waals surface area contributed by atoms with E-state index in [0.29, 0.717) is 6.54 Å². The van der Waals surface area contributed by atoms with Gasteiger partial charge in [0.2, 0.25) is 0 Å². The van der Waals surface area contributed by atoms with Gasteiger partial charge in [-0.2, -0.15) is 0 Å². The number of unbranched alkanes of at least 4 members (excludes halogenated alkanes) is 7. The minimum atomic E-state index is -0.977. The van der Waals surface area contributed by atoms with Gasteiger partial charge >= 0.3 is 0 Å². The molecule has 0 aromatic carbocycles. The Labute approximate surface area is 135 Å². The van der Waals surface area contributed by atoms with Crippen molar-refractivity contribution in [2.45, 2.75) is 78.2 Å². The Kier molecular flexibility index (Phi) is 8.86. The van der Waals surface area contributed by atoms with Gasteiger partial charge in [0, 0.05) is 18.3 Å². The second kappa shape index (κ2) is 10.4. The van der Waals surface area contributed by atoms with E-state index in [1.807, 2.05) is 19.4 Å². The largest absolute Gasteiger partial charge is 0.550 e. The topological polar surface area (TPSA) is 48.9 Å². The Morgan fingerprint density at radius 1 is 1.18 bits per heavy atom. The summed E-state index contributed by atoms with van der Waals surface area (Å²) in [6, 6.07) is 0. The first-order chi connectivity index (χ1) is 10.6. The van der Waals surface area contributed by atoms with E-state index in [9.17, 15) is 9.90 Å². The van der Waals surface area contributed by atoms with Crippen molar-refractivity contribution in [1.29, 1.82) is 0 Å². The molecule has 0 amide bonds. The van der Waals surface area contributed by atoms with E-state index >= 15 is 0 Å². The maximum Gasteiger partial charge on any atom is 0.256 e. The fraction of sp³-hybridized carbons (Fsp3) is 0.778. The van der Waals surface area contributed by atoms with Crippen molar-refractivity contribution >= 4 is 5.97 Å². The van der Waals surface area contributed by atoms with E-state index in [1.165, 1.54) is 57.2 Å². The molecule has 0 saturated carbocycles. The molecule has 0 N–H and O–H groups in total. The number of carboxylic acid groups (broad SMARTS) is 1. The molecule has 1 unspecified atom stereocenters. The van der Waals surface area contributed by atoms with Crippen LogP contribution in [0.4, 0.5) is 0 Å². The molecular weight excluding hydrogens is 276 g/mol. The first-order valence-corrected chi connectivity index (χ1v) is 8.80. The van der Waals surface area contributed by atoms with Crippen LogP contribution in [-0.4, -0.2) is 10.5 Å². The lowest BCUT2D eigenvalue weighted by atomic mass is 10.1. The van der Waals surface area contributed by atoms with Crippen LogP contribution >= 0.6 is 0 Å². The highest BCUT2D eigenvalue weighted by Gasteiger charge is 2.16. The van der Waals surface area contributed by atoms with E-state index in [1.54, 1.807) is 6.92 Å². The summed E-state index contributed by atoms with van der Waals surface area (Å²) in [6.45, 7) is 4.45. The molecule has 0 aliphatic carbocycles. The maximum absolute atomic E-state index is 10.9. The minimum Gasteiger partial charge on any atom is -0.550 e. The summed E-state index contributed by atoms with van der Waals surface area (Å²) >= 11 is 0. The Morgan fingerprint density at radius 3 is 2.36 bits per heavy atom. The summed E-state index contributed by atoms with van der Waals surface area (Å²) in [7, 11) is 2.03. The second-order valence-electron chi connectivity index (χ2n) is 6.42. The number of carbonyl (C=O) groups excluding carboxylic acids is 1. The molecule has 0 spiro atoms. The highest BCUT2D eigenvalue weighted by molar-refractivity contribution is 5.66. The van der Waals surface area contributed by atoms with E-state index in [2.05, 4.69) is 16.1 Å². The number of aliphatic carboxylic acids is 1. The first kappa shape index (κ1) is 18.7. The minimum absolute atomic E-state index is 0.454. The van der Waals surface area contributed by atoms with Gasteiger partial charge < -0.3 is 9.90 Å². The van der Waals surface area contributed by atoms with E-state index < -0.39 is 11.9 Å². The van der Waals surface area contributed by atoms with Crippen molar-refractivity contribution in [2.24, 2.45) is 13.0 Å². The Morgan fingerprint density at radius 2 is 1.77 bits per heavy atom. The predicted molar refractivity (Wildman–Crippen MR) is 86.1 cm³/mol. The van der Waals surface area contributed by atoms with Crippen LogP contribution in [0.15, 0.2) is 12.4 Å². The molecule has 1 aromatic rings. The Balaban J connectivity index is 2.30. The monoisotopic (exact) mass is 308 g/mol. The summed E-state index contributed by atoms with van der Waals surface area (Å²) < 4.78 is 4.16. The summed E-state index contributed by atoms with van der Waals surface area (Å²) in [5, 5.41) is 10.9. The van der Waals surface area contributed by atoms with Gasteiger partial charge in [0.05, 0.1) is 13.6 Å². The zero-order valence-electron chi connectivity index (χ0n) is 14.5. The molecule has 1 rings (SSSR count). The molecule has 22 heavy (non-hydrogen) atoms. The molecule has 4 heteroatoms. The van der Waals surface area contributed by atoms with Crippen molar-refractivity contribution < 1.29 is 14.5 Å². The molecule has 1 atom stereocenters. The zero-order chi connectivity index (χ0) is 16.4. The molecule has 0 aliphatic heterocycles. The maximum atomic E-state index is 10.9. The summed E-state index contributed by atoms with van der Waals surface area (Å²) in [4.78, 5) is 10.9. The van der Waals surface area contributed by atoms with Gasteiger partial charge in [0.1, 0.15) is 12.4 Å². The average Bonchev–Trinajstić information content (AvgIpc) is 2.82. The fourth-order valence-corrected chi connectivity index (χ4v) is 2.83. The fourth-order valence-electron chi connectivity index (χ4n) is 2.83. The molecule has 0 radical (unpaired) electrons. The van der Waals surface area contributed by atoms with Gasteiger partial charge in [-0.3, -0.25) is 0 Å². The molecule has 0 saturated heterocycles. The highest BCUT2D eigenvalue weighted by atomic mass is 16.4. The van der Waals surface area contributed by atoms with E-state index in [4.69, 9.17) is 0 Å². The molecule has 1 heterocycles. The lowest BCUT2D eigenvalue weighted by Crippen LogP contribution is -2.35. The number of hydrogen-bond acceptors (Lipinski definition) is 2. The quantitative estimate of drug-likeness (QED) is 0.440. The van der Waals surface area contributed by atoms with E-state index in [-0.39, 0.29) is 0 Å². The summed E-state index contributed by atoms with van der Waals surface area (Å²) in [5.41, 5.74) is 0. The predicted octanol–water partition coefficient (Wildman–Crippen LogP) is 2.38. The zero-order valence-corrected chi connectivity index (χ0v) is 14.5. The van der Waals surface area contributed by atoms with Crippen molar-refractivity contribution in [3.63, 3.8) is 0 Å². The third-order valence-corrected chi connectivity index (χ3v) is 4.34. The molecule has 0 aliphatic rings. The van der Waals surface area contributed by atoms with Crippen molar-refractivity contribution in [1.82, 2.24) is 4.57 Å². The third-order valence-electron chi connectivity index (χ3n) is 4.34. The standard InChI is InChI=1S/C18H32N2O2/c1-4-5-6-7-8-9-10-11-12-17-19(3)13-14-20(17)15-16(2)18(21)22/h13-14,16H,4-12,15H2,1-3H3. The van der Waals surface area contributed by atoms with Crippen LogP contribution in [-0.2, 0) is 24.8 Å². The number of aryl methyl sites for hydroxylation is 1. The first-order valence-electron chi connectivity index (χ1n) is 8.80. The molecule has 0 bridgehead atoms. The normalized spacial score (nSPS) is 12.5. The molecule has 126 valence electrons. The SMILES string of the molecule is CCCCCCCCCCc1n(CC(C)C(=O)[O-])cc[n+]1C. The van der Waals surface area contributed by atoms with Crippen LogP contribution in [0, 0.1) is 5.92 Å². The number of imidazole rings is 1. The number of nitrogens with zero attached hydrogens (tertiary/aromatic N) is 2. The average molecular weight is 308 g/mol. The number of carbonyl (C=O) groups is 1. The molecular formula is C18H32N2O2. The summed E-state index contributed by atoms with van der Waals surface area (Å²) in [5.74, 6) is -0.224. The highest BCUT2D eigenvalue weighted by Crippen LogP contribution is 2.11. The van der Waals surface area contributed by atoms with Crippen LogP contribution < -0.4 is 9.67 Å². The van der Waals surface area contributed by atoms with Crippen molar-refractivity contribution in [2.75, 3.05) is 0 Å². The Bertz CT molecular complexity index is 440. The van der Waals surface area contributed by atoms with Crippen LogP contribution in [0.25, 0.3) is 0 Å². The van der Waals surface area contributed by atoms with Gasteiger partial charge in [-0.05, 0) is 6.42 Å². The van der Waals surface area contributed by atoms with Crippen LogP contribution in [0.2, 0.25) is 0 Å². The van der Waals surface area contributed by atoms with Gasteiger partial charge in [0.15, 0.2) is 0 Å². The van der Waals surface area contributed by atoms with Crippen LogP contribution in [0.3, 0.4) is 0 Å². The number of carboxylic acids is 1. The second-order valence-corrected chi connectivity index (χ2v) is 6.42. The summed E-state index contributed by atoms with van der Waals surface area (Å²) in [6.07, 6.45) is 15.5. The van der Waals surface area contributed by atoms with Gasteiger partial charge in [-0.15, -0.1) is 0 Å². The lowest BCUT2D eigenvalue weighted by Gasteiger charge is -2.11.